The molecule has 1 aromatic heterocycles. The topological polar surface area (TPSA) is 45.2 Å². The highest BCUT2D eigenvalue weighted by Gasteiger charge is 2.29. The summed E-state index contributed by atoms with van der Waals surface area (Å²) < 4.78 is 0. The molecular formula is C10H15N3OS. The summed E-state index contributed by atoms with van der Waals surface area (Å²) in [6.07, 6.45) is 1.79. The minimum absolute atomic E-state index is 0.0282. The highest BCUT2D eigenvalue weighted by atomic mass is 32.1. The first-order chi connectivity index (χ1) is 7.31. The number of likely N-dealkylation sites (tertiary alicyclic amines) is 1. The van der Waals surface area contributed by atoms with Crippen LogP contribution in [0.1, 0.15) is 12.1 Å². The SMILES string of the molecule is CNC1CCN(CCc2cscn2)C1=O. The Bertz CT molecular complexity index is 325. The van der Waals surface area contributed by atoms with Crippen molar-refractivity contribution >= 4 is 17.2 Å². The van der Waals surface area contributed by atoms with Gasteiger partial charge in [-0.2, -0.15) is 0 Å². The van der Waals surface area contributed by atoms with E-state index in [9.17, 15) is 4.79 Å². The molecule has 1 aliphatic heterocycles. The number of hydrogen-bond donors (Lipinski definition) is 1. The highest BCUT2D eigenvalue weighted by molar-refractivity contribution is 7.07. The number of aromatic nitrogens is 1. The molecule has 5 heteroatoms. The van der Waals surface area contributed by atoms with E-state index in [2.05, 4.69) is 10.3 Å². The molecule has 1 unspecified atom stereocenters. The van der Waals surface area contributed by atoms with Gasteiger partial charge in [-0.05, 0) is 13.5 Å². The van der Waals surface area contributed by atoms with Crippen molar-refractivity contribution in [2.45, 2.75) is 18.9 Å². The van der Waals surface area contributed by atoms with Crippen LogP contribution < -0.4 is 5.32 Å². The Kier molecular flexibility index (Phi) is 3.33. The van der Waals surface area contributed by atoms with E-state index in [1.807, 2.05) is 22.8 Å². The first kappa shape index (κ1) is 10.6. The number of thiazole rings is 1. The second-order valence-corrected chi connectivity index (χ2v) is 4.40. The van der Waals surface area contributed by atoms with Gasteiger partial charge in [-0.3, -0.25) is 4.79 Å². The maximum absolute atomic E-state index is 11.7. The van der Waals surface area contributed by atoms with Crippen molar-refractivity contribution in [3.8, 4) is 0 Å². The Morgan fingerprint density at radius 3 is 3.20 bits per heavy atom. The molecule has 0 saturated carbocycles. The molecule has 2 rings (SSSR count). The van der Waals surface area contributed by atoms with Crippen LogP contribution in [-0.2, 0) is 11.2 Å². The molecule has 15 heavy (non-hydrogen) atoms. The van der Waals surface area contributed by atoms with Gasteiger partial charge in [-0.25, -0.2) is 4.98 Å². The number of amides is 1. The average Bonchev–Trinajstić information content (AvgIpc) is 2.85. The van der Waals surface area contributed by atoms with E-state index in [1.54, 1.807) is 11.3 Å². The Hall–Kier alpha value is -0.940. The van der Waals surface area contributed by atoms with Gasteiger partial charge in [-0.15, -0.1) is 11.3 Å². The third kappa shape index (κ3) is 2.35. The van der Waals surface area contributed by atoms with E-state index < -0.39 is 0 Å². The lowest BCUT2D eigenvalue weighted by Crippen LogP contribution is -2.37. The smallest absolute Gasteiger partial charge is 0.239 e. The fourth-order valence-corrected chi connectivity index (χ4v) is 2.43. The van der Waals surface area contributed by atoms with Crippen molar-refractivity contribution in [2.75, 3.05) is 20.1 Å². The summed E-state index contributed by atoms with van der Waals surface area (Å²) in [5.41, 5.74) is 2.91. The number of carbonyl (C=O) groups excluding carboxylic acids is 1. The average molecular weight is 225 g/mol. The monoisotopic (exact) mass is 225 g/mol. The van der Waals surface area contributed by atoms with Gasteiger partial charge in [0.05, 0.1) is 17.2 Å². The van der Waals surface area contributed by atoms with Gasteiger partial charge in [0, 0.05) is 24.9 Å². The minimum Gasteiger partial charge on any atom is -0.341 e. The summed E-state index contributed by atoms with van der Waals surface area (Å²) in [5, 5.41) is 5.07. The molecule has 4 nitrogen and oxygen atoms in total. The third-order valence-electron chi connectivity index (χ3n) is 2.77. The summed E-state index contributed by atoms with van der Waals surface area (Å²) >= 11 is 1.60. The van der Waals surface area contributed by atoms with Gasteiger partial charge in [0.2, 0.25) is 5.91 Å². The molecular weight excluding hydrogens is 210 g/mol. The largest absolute Gasteiger partial charge is 0.341 e. The fourth-order valence-electron chi connectivity index (χ4n) is 1.84. The molecule has 1 N–H and O–H groups in total. The Balaban J connectivity index is 1.84. The van der Waals surface area contributed by atoms with Gasteiger partial charge >= 0.3 is 0 Å². The molecule has 1 aliphatic rings. The maximum atomic E-state index is 11.7. The van der Waals surface area contributed by atoms with Crippen LogP contribution in [-0.4, -0.2) is 42.0 Å². The zero-order valence-electron chi connectivity index (χ0n) is 8.77. The molecule has 0 radical (unpaired) electrons. The van der Waals surface area contributed by atoms with Crippen molar-refractivity contribution in [2.24, 2.45) is 0 Å². The Labute approximate surface area is 93.3 Å². The molecule has 0 aliphatic carbocycles. The summed E-state index contributed by atoms with van der Waals surface area (Å²) in [6.45, 7) is 1.66. The normalized spacial score (nSPS) is 21.3. The van der Waals surface area contributed by atoms with Crippen LogP contribution in [0.25, 0.3) is 0 Å². The van der Waals surface area contributed by atoms with E-state index in [4.69, 9.17) is 0 Å². The molecule has 0 aromatic carbocycles. The molecule has 1 saturated heterocycles. The van der Waals surface area contributed by atoms with Crippen molar-refractivity contribution in [1.82, 2.24) is 15.2 Å². The summed E-state index contributed by atoms with van der Waals surface area (Å²) in [6, 6.07) is 0.0282. The minimum atomic E-state index is 0.0282. The van der Waals surface area contributed by atoms with Gasteiger partial charge in [0.25, 0.3) is 0 Å². The summed E-state index contributed by atoms with van der Waals surface area (Å²) in [7, 11) is 1.84. The predicted molar refractivity (Wildman–Crippen MR) is 59.9 cm³/mol. The van der Waals surface area contributed by atoms with E-state index >= 15 is 0 Å². The second-order valence-electron chi connectivity index (χ2n) is 3.69. The van der Waals surface area contributed by atoms with Gasteiger partial charge in [0.1, 0.15) is 0 Å². The Morgan fingerprint density at radius 1 is 1.73 bits per heavy atom. The quantitative estimate of drug-likeness (QED) is 0.812. The molecule has 1 fully saturated rings. The third-order valence-corrected chi connectivity index (χ3v) is 3.40. The van der Waals surface area contributed by atoms with E-state index in [-0.39, 0.29) is 11.9 Å². The number of nitrogens with zero attached hydrogens (tertiary/aromatic N) is 2. The number of carbonyl (C=O) groups is 1. The van der Waals surface area contributed by atoms with Gasteiger partial charge in [-0.1, -0.05) is 0 Å². The van der Waals surface area contributed by atoms with E-state index in [0.29, 0.717) is 0 Å². The second kappa shape index (κ2) is 4.72. The van der Waals surface area contributed by atoms with Crippen LogP contribution >= 0.6 is 11.3 Å². The van der Waals surface area contributed by atoms with Crippen molar-refractivity contribution < 1.29 is 4.79 Å². The zero-order chi connectivity index (χ0) is 10.7. The fraction of sp³-hybridized carbons (Fsp3) is 0.600. The van der Waals surface area contributed by atoms with Crippen molar-refractivity contribution in [3.05, 3.63) is 16.6 Å². The van der Waals surface area contributed by atoms with Crippen LogP contribution in [0.3, 0.4) is 0 Å². The van der Waals surface area contributed by atoms with Crippen molar-refractivity contribution in [1.29, 1.82) is 0 Å². The molecule has 2 heterocycles. The van der Waals surface area contributed by atoms with E-state index in [0.717, 1.165) is 31.6 Å². The molecule has 1 aromatic rings. The number of rotatable bonds is 4. The van der Waals surface area contributed by atoms with Crippen LogP contribution in [0.2, 0.25) is 0 Å². The van der Waals surface area contributed by atoms with Gasteiger partial charge in [0.15, 0.2) is 0 Å². The molecule has 1 amide bonds. The van der Waals surface area contributed by atoms with E-state index in [1.165, 1.54) is 0 Å². The summed E-state index contributed by atoms with van der Waals surface area (Å²) in [4.78, 5) is 17.9. The zero-order valence-corrected chi connectivity index (χ0v) is 9.59. The highest BCUT2D eigenvalue weighted by Crippen LogP contribution is 2.12. The number of nitrogens with one attached hydrogen (secondary N) is 1. The molecule has 1 atom stereocenters. The van der Waals surface area contributed by atoms with Crippen LogP contribution in [0.15, 0.2) is 10.9 Å². The summed E-state index contributed by atoms with van der Waals surface area (Å²) in [5.74, 6) is 0.229. The molecule has 0 bridgehead atoms. The van der Waals surface area contributed by atoms with Crippen LogP contribution in [0.5, 0.6) is 0 Å². The predicted octanol–water partition coefficient (Wildman–Crippen LogP) is 0.506. The first-order valence-electron chi connectivity index (χ1n) is 5.14. The lowest BCUT2D eigenvalue weighted by atomic mass is 10.2. The van der Waals surface area contributed by atoms with Crippen LogP contribution in [0, 0.1) is 0 Å². The molecule has 82 valence electrons. The van der Waals surface area contributed by atoms with Crippen LogP contribution in [0.4, 0.5) is 0 Å². The number of likely N-dealkylation sites (N-methyl/N-ethyl adjacent to an activating group) is 1. The van der Waals surface area contributed by atoms with Crippen molar-refractivity contribution in [3.63, 3.8) is 0 Å². The maximum Gasteiger partial charge on any atom is 0.239 e. The first-order valence-corrected chi connectivity index (χ1v) is 6.08. The standard InChI is InChI=1S/C10H15N3OS/c1-11-9-3-5-13(10(9)14)4-2-8-6-15-7-12-8/h6-7,9,11H,2-5H2,1H3. The molecule has 0 spiro atoms. The lowest BCUT2D eigenvalue weighted by molar-refractivity contribution is -0.129. The van der Waals surface area contributed by atoms with Gasteiger partial charge < -0.3 is 10.2 Å². The Morgan fingerprint density at radius 2 is 2.60 bits per heavy atom. The lowest BCUT2D eigenvalue weighted by Gasteiger charge is -2.15. The number of hydrogen-bond acceptors (Lipinski definition) is 4.